The molecule has 2 radical (unpaired) electrons. The number of nitrogens with zero attached hydrogens (tertiary/aromatic N) is 3. The van der Waals surface area contributed by atoms with Gasteiger partial charge in [-0.2, -0.15) is 9.61 Å². The van der Waals surface area contributed by atoms with Crippen LogP contribution in [-0.2, 0) is 10.0 Å². The van der Waals surface area contributed by atoms with E-state index in [1.807, 2.05) is 42.5 Å². The van der Waals surface area contributed by atoms with Gasteiger partial charge in [-0.15, -0.1) is 0 Å². The van der Waals surface area contributed by atoms with E-state index in [2.05, 4.69) is 20.1 Å². The van der Waals surface area contributed by atoms with Gasteiger partial charge in [0, 0.05) is 29.2 Å². The average molecular weight is 451 g/mol. The molecule has 2 N–H and O–H groups in total. The Morgan fingerprint density at radius 1 is 0.818 bits per heavy atom. The molecule has 33 heavy (non-hydrogen) atoms. The van der Waals surface area contributed by atoms with Crippen molar-refractivity contribution in [2.75, 3.05) is 10.0 Å². The maximum absolute atomic E-state index is 12.7. The average Bonchev–Trinajstić information content (AvgIpc) is 3.21. The number of hydrogen-bond donors (Lipinski definition) is 2. The lowest BCUT2D eigenvalue weighted by Gasteiger charge is -2.12. The van der Waals surface area contributed by atoms with Gasteiger partial charge in [0.15, 0.2) is 5.65 Å². The molecule has 0 unspecified atom stereocenters. The van der Waals surface area contributed by atoms with Crippen LogP contribution in [-0.4, -0.2) is 30.9 Å². The highest BCUT2D eigenvalue weighted by atomic mass is 32.2. The molecular weight excluding hydrogens is 433 g/mol. The van der Waals surface area contributed by atoms with Crippen molar-refractivity contribution >= 4 is 46.2 Å². The Kier molecular flexibility index (Phi) is 5.31. The van der Waals surface area contributed by atoms with Gasteiger partial charge in [0.25, 0.3) is 10.0 Å². The third kappa shape index (κ3) is 4.31. The summed E-state index contributed by atoms with van der Waals surface area (Å²) in [5.41, 5.74) is 3.87. The Labute approximate surface area is 192 Å². The fraction of sp³-hybridized carbons (Fsp3) is 0. The number of aromatic nitrogens is 3. The molecule has 0 aliphatic rings. The van der Waals surface area contributed by atoms with Crippen LogP contribution in [0.4, 0.5) is 17.2 Å². The number of nitrogens with one attached hydrogen (secondary N) is 2. The molecule has 160 valence electrons. The molecule has 2 heterocycles. The highest BCUT2D eigenvalue weighted by molar-refractivity contribution is 7.92. The summed E-state index contributed by atoms with van der Waals surface area (Å²) in [5.74, 6) is 0.647. The summed E-state index contributed by atoms with van der Waals surface area (Å²) < 4.78 is 29.6. The van der Waals surface area contributed by atoms with Crippen molar-refractivity contribution in [3.05, 3.63) is 97.2 Å². The summed E-state index contributed by atoms with van der Waals surface area (Å²) in [6.07, 6.45) is 1.55. The fourth-order valence-corrected chi connectivity index (χ4v) is 4.47. The number of anilines is 3. The standard InChI is InChI=1S/C24H18BN5O2S/c25-21-16-26-30-23(15-22(28-24(21)30)17-7-3-1-4-8-17)27-18-11-13-20(14-12-18)33(31,32)29-19-9-5-2-6-10-19/h1-16,27,29H. The van der Waals surface area contributed by atoms with Gasteiger partial charge in [-0.05, 0) is 41.9 Å². The first kappa shape index (κ1) is 20.8. The number of rotatable bonds is 6. The van der Waals surface area contributed by atoms with Gasteiger partial charge in [-0.25, -0.2) is 13.4 Å². The van der Waals surface area contributed by atoms with Gasteiger partial charge >= 0.3 is 0 Å². The molecular formula is C24H18BN5O2S. The molecule has 0 aliphatic heterocycles. The van der Waals surface area contributed by atoms with Crippen LogP contribution in [0, 0.1) is 0 Å². The highest BCUT2D eigenvalue weighted by Gasteiger charge is 2.15. The van der Waals surface area contributed by atoms with E-state index in [4.69, 9.17) is 7.85 Å². The molecule has 5 aromatic rings. The van der Waals surface area contributed by atoms with Crippen LogP contribution in [0.5, 0.6) is 0 Å². The summed E-state index contributed by atoms with van der Waals surface area (Å²) >= 11 is 0. The zero-order chi connectivity index (χ0) is 22.8. The number of benzene rings is 3. The van der Waals surface area contributed by atoms with E-state index in [9.17, 15) is 8.42 Å². The lowest BCUT2D eigenvalue weighted by atomic mass is 10.0. The van der Waals surface area contributed by atoms with Crippen molar-refractivity contribution in [2.24, 2.45) is 0 Å². The smallest absolute Gasteiger partial charge is 0.261 e. The summed E-state index contributed by atoms with van der Waals surface area (Å²) in [6, 6.07) is 26.9. The van der Waals surface area contributed by atoms with Gasteiger partial charge in [0.2, 0.25) is 0 Å². The number of hydrogen-bond acceptors (Lipinski definition) is 5. The maximum Gasteiger partial charge on any atom is 0.261 e. The molecule has 0 amide bonds. The van der Waals surface area contributed by atoms with Crippen LogP contribution in [0.25, 0.3) is 16.9 Å². The Hall–Kier alpha value is -4.11. The van der Waals surface area contributed by atoms with Gasteiger partial charge < -0.3 is 5.32 Å². The molecule has 0 saturated carbocycles. The van der Waals surface area contributed by atoms with Crippen LogP contribution in [0.2, 0.25) is 0 Å². The first-order valence-electron chi connectivity index (χ1n) is 10.1. The molecule has 9 heteroatoms. The first-order chi connectivity index (χ1) is 16.0. The van der Waals surface area contributed by atoms with Crippen LogP contribution in [0.15, 0.2) is 102 Å². The van der Waals surface area contributed by atoms with E-state index in [0.29, 0.717) is 28.3 Å². The lowest BCUT2D eigenvalue weighted by molar-refractivity contribution is 0.601. The topological polar surface area (TPSA) is 88.4 Å². The summed E-state index contributed by atoms with van der Waals surface area (Å²) in [6.45, 7) is 0. The number of sulfonamides is 1. The van der Waals surface area contributed by atoms with Crippen LogP contribution < -0.4 is 15.5 Å². The van der Waals surface area contributed by atoms with Crippen molar-refractivity contribution in [3.8, 4) is 11.3 Å². The molecule has 3 aromatic carbocycles. The SMILES string of the molecule is [B]c1cnn2c(Nc3ccc(S(=O)(=O)Nc4ccccc4)cc3)cc(-c3ccccc3)nc12. The summed E-state index contributed by atoms with van der Waals surface area (Å²) in [4.78, 5) is 4.80. The van der Waals surface area contributed by atoms with E-state index in [0.717, 1.165) is 11.3 Å². The quantitative estimate of drug-likeness (QED) is 0.384. The van der Waals surface area contributed by atoms with E-state index in [-0.39, 0.29) is 4.90 Å². The summed E-state index contributed by atoms with van der Waals surface area (Å²) in [5, 5.41) is 7.60. The lowest BCUT2D eigenvalue weighted by Crippen LogP contribution is -2.12. The molecule has 7 nitrogen and oxygen atoms in total. The van der Waals surface area contributed by atoms with Gasteiger partial charge in [-0.3, -0.25) is 4.72 Å². The number of fused-ring (bicyclic) bond motifs is 1. The van der Waals surface area contributed by atoms with E-state index >= 15 is 0 Å². The van der Waals surface area contributed by atoms with E-state index in [1.165, 1.54) is 0 Å². The van der Waals surface area contributed by atoms with Crippen molar-refractivity contribution in [2.45, 2.75) is 4.90 Å². The predicted octanol–water partition coefficient (Wildman–Crippen LogP) is 3.73. The first-order valence-corrected chi connectivity index (χ1v) is 11.6. The van der Waals surface area contributed by atoms with Gasteiger partial charge in [-0.1, -0.05) is 48.5 Å². The summed E-state index contributed by atoms with van der Waals surface area (Å²) in [7, 11) is 2.37. The van der Waals surface area contributed by atoms with Crippen LogP contribution in [0.3, 0.4) is 0 Å². The van der Waals surface area contributed by atoms with E-state index in [1.54, 1.807) is 59.2 Å². The molecule has 0 fully saturated rings. The minimum atomic E-state index is -3.70. The second-order valence-electron chi connectivity index (χ2n) is 7.35. The van der Waals surface area contributed by atoms with Crippen molar-refractivity contribution in [1.29, 1.82) is 0 Å². The normalized spacial score (nSPS) is 11.4. The molecule has 0 aliphatic carbocycles. The van der Waals surface area contributed by atoms with Crippen molar-refractivity contribution in [1.82, 2.24) is 14.6 Å². The fourth-order valence-electron chi connectivity index (χ4n) is 3.41. The molecule has 0 spiro atoms. The Morgan fingerprint density at radius 3 is 2.18 bits per heavy atom. The maximum atomic E-state index is 12.7. The zero-order valence-electron chi connectivity index (χ0n) is 17.4. The third-order valence-corrected chi connectivity index (χ3v) is 6.43. The molecule has 0 atom stereocenters. The van der Waals surface area contributed by atoms with Gasteiger partial charge in [0.1, 0.15) is 13.7 Å². The number of para-hydroxylation sites is 1. The minimum Gasteiger partial charge on any atom is -0.340 e. The Balaban J connectivity index is 1.45. The second kappa shape index (κ2) is 8.44. The third-order valence-electron chi connectivity index (χ3n) is 5.03. The Morgan fingerprint density at radius 2 is 1.48 bits per heavy atom. The predicted molar refractivity (Wildman–Crippen MR) is 131 cm³/mol. The van der Waals surface area contributed by atoms with E-state index < -0.39 is 10.0 Å². The molecule has 5 rings (SSSR count). The minimum absolute atomic E-state index is 0.157. The van der Waals surface area contributed by atoms with Crippen LogP contribution >= 0.6 is 0 Å². The molecule has 0 saturated heterocycles. The second-order valence-corrected chi connectivity index (χ2v) is 9.03. The Bertz CT molecular complexity index is 1520. The van der Waals surface area contributed by atoms with Crippen LogP contribution in [0.1, 0.15) is 0 Å². The van der Waals surface area contributed by atoms with Crippen molar-refractivity contribution < 1.29 is 8.42 Å². The molecule has 2 aromatic heterocycles. The van der Waals surface area contributed by atoms with Gasteiger partial charge in [0.05, 0.1) is 10.6 Å². The largest absolute Gasteiger partial charge is 0.340 e. The highest BCUT2D eigenvalue weighted by Crippen LogP contribution is 2.25. The van der Waals surface area contributed by atoms with Crippen molar-refractivity contribution in [3.63, 3.8) is 0 Å². The monoisotopic (exact) mass is 451 g/mol. The zero-order valence-corrected chi connectivity index (χ0v) is 18.2. The molecule has 0 bridgehead atoms.